The van der Waals surface area contributed by atoms with Gasteiger partial charge in [-0.05, 0) is 53.0 Å². The quantitative estimate of drug-likeness (QED) is 0.785. The first-order valence-corrected chi connectivity index (χ1v) is 7.46. The number of benzene rings is 1. The molecule has 2 atom stereocenters. The Balaban J connectivity index is 0.00000162. The van der Waals surface area contributed by atoms with Crippen LogP contribution in [0.25, 0.3) is 0 Å². The zero-order valence-corrected chi connectivity index (χ0v) is 13.4. The van der Waals surface area contributed by atoms with Gasteiger partial charge in [0.25, 0.3) is 0 Å². The summed E-state index contributed by atoms with van der Waals surface area (Å²) in [6.45, 7) is 0. The van der Waals surface area contributed by atoms with Crippen molar-refractivity contribution < 1.29 is 5.11 Å². The van der Waals surface area contributed by atoms with Crippen LogP contribution in [0.3, 0.4) is 0 Å². The summed E-state index contributed by atoms with van der Waals surface area (Å²) in [5.74, 6) is 0.384. The molecule has 102 valence electrons. The molecule has 2 rings (SSSR count). The molecular weight excluding hydrogens is 361 g/mol. The average molecular weight is 382 g/mol. The van der Waals surface area contributed by atoms with Gasteiger partial charge in [-0.3, -0.25) is 0 Å². The number of hydrogen-bond acceptors (Lipinski definition) is 2. The molecule has 0 unspecified atom stereocenters. The molecule has 1 aliphatic rings. The first kappa shape index (κ1) is 16.2. The van der Waals surface area contributed by atoms with Crippen molar-refractivity contribution in [3.8, 4) is 0 Å². The van der Waals surface area contributed by atoms with Crippen LogP contribution in [0.15, 0.2) is 24.3 Å². The lowest BCUT2D eigenvalue weighted by Gasteiger charge is -2.31. The number of rotatable bonds is 3. The molecule has 0 aromatic heterocycles. The van der Waals surface area contributed by atoms with Crippen LogP contribution < -0.4 is 5.73 Å². The van der Waals surface area contributed by atoms with Crippen molar-refractivity contribution in [2.24, 2.45) is 11.7 Å². The largest absolute Gasteiger partial charge is 0.391 e. The summed E-state index contributed by atoms with van der Waals surface area (Å²) >= 11 is 2.29. The Labute approximate surface area is 129 Å². The average Bonchev–Trinajstić information content (AvgIpc) is 2.39. The second-order valence-electron chi connectivity index (χ2n) is 4.94. The zero-order valence-electron chi connectivity index (χ0n) is 10.4. The highest BCUT2D eigenvalue weighted by Crippen LogP contribution is 2.32. The maximum atomic E-state index is 10.4. The van der Waals surface area contributed by atoms with Crippen molar-refractivity contribution >= 4 is 35.0 Å². The van der Waals surface area contributed by atoms with E-state index in [1.807, 2.05) is 24.3 Å². The second-order valence-corrected chi connectivity index (χ2v) is 6.10. The fourth-order valence-electron chi connectivity index (χ4n) is 2.70. The van der Waals surface area contributed by atoms with E-state index in [0.29, 0.717) is 5.92 Å². The molecule has 0 amide bonds. The maximum absolute atomic E-state index is 10.4. The van der Waals surface area contributed by atoms with Crippen LogP contribution >= 0.6 is 35.0 Å². The minimum absolute atomic E-state index is 0. The van der Waals surface area contributed by atoms with Gasteiger partial charge in [0.05, 0.1) is 12.1 Å². The summed E-state index contributed by atoms with van der Waals surface area (Å²) in [6.07, 6.45) is 5.63. The summed E-state index contributed by atoms with van der Waals surface area (Å²) < 4.78 is 1.15. The Morgan fingerprint density at radius 1 is 1.17 bits per heavy atom. The minimum atomic E-state index is -0.397. The van der Waals surface area contributed by atoms with E-state index in [0.717, 1.165) is 22.0 Å². The predicted molar refractivity (Wildman–Crippen MR) is 85.9 cm³/mol. The highest BCUT2D eigenvalue weighted by molar-refractivity contribution is 14.1. The van der Waals surface area contributed by atoms with Crippen molar-refractivity contribution in [2.75, 3.05) is 0 Å². The Kier molecular flexibility index (Phi) is 6.92. The maximum Gasteiger partial charge on any atom is 0.0761 e. The van der Waals surface area contributed by atoms with Crippen LogP contribution in [0.2, 0.25) is 0 Å². The Morgan fingerprint density at radius 2 is 1.78 bits per heavy atom. The minimum Gasteiger partial charge on any atom is -0.391 e. The molecule has 2 nitrogen and oxygen atoms in total. The van der Waals surface area contributed by atoms with Crippen LogP contribution in [-0.4, -0.2) is 11.2 Å². The standard InChI is InChI=1S/C14H20INO.ClH/c15-12-9-5-4-8-11(12)13(16)14(17)10-6-2-1-3-7-10;/h4-5,8-10,13-14,17H,1-3,6-7,16H2;1H/t13-,14+;/m0./s1. The topological polar surface area (TPSA) is 46.2 Å². The molecular formula is C14H21ClINO. The van der Waals surface area contributed by atoms with Crippen molar-refractivity contribution in [1.82, 2.24) is 0 Å². The number of aliphatic hydroxyl groups excluding tert-OH is 1. The van der Waals surface area contributed by atoms with Crippen molar-refractivity contribution in [1.29, 1.82) is 0 Å². The molecule has 0 radical (unpaired) electrons. The third-order valence-corrected chi connectivity index (χ3v) is 4.75. The first-order chi connectivity index (χ1) is 8.20. The molecule has 0 heterocycles. The first-order valence-electron chi connectivity index (χ1n) is 6.38. The van der Waals surface area contributed by atoms with Crippen molar-refractivity contribution in [3.63, 3.8) is 0 Å². The summed E-state index contributed by atoms with van der Waals surface area (Å²) in [5.41, 5.74) is 7.29. The SMILES string of the molecule is Cl.N[C@@H](c1ccccc1I)[C@H](O)C1CCCCC1. The van der Waals surface area contributed by atoms with Gasteiger partial charge in [-0.1, -0.05) is 37.5 Å². The van der Waals surface area contributed by atoms with E-state index in [4.69, 9.17) is 5.73 Å². The summed E-state index contributed by atoms with van der Waals surface area (Å²) in [6, 6.07) is 7.82. The number of halogens is 2. The van der Waals surface area contributed by atoms with Gasteiger partial charge in [0, 0.05) is 3.57 Å². The molecule has 18 heavy (non-hydrogen) atoms. The van der Waals surface area contributed by atoms with Crippen molar-refractivity contribution in [3.05, 3.63) is 33.4 Å². The lowest BCUT2D eigenvalue weighted by molar-refractivity contribution is 0.0616. The van der Waals surface area contributed by atoms with Gasteiger partial charge < -0.3 is 10.8 Å². The molecule has 0 saturated heterocycles. The summed E-state index contributed by atoms with van der Waals surface area (Å²) in [7, 11) is 0. The van der Waals surface area contributed by atoms with Crippen LogP contribution in [0, 0.1) is 9.49 Å². The third-order valence-electron chi connectivity index (χ3n) is 3.77. The summed E-state index contributed by atoms with van der Waals surface area (Å²) in [5, 5.41) is 10.4. The van der Waals surface area contributed by atoms with E-state index in [-0.39, 0.29) is 18.4 Å². The highest BCUT2D eigenvalue weighted by Gasteiger charge is 2.28. The lowest BCUT2D eigenvalue weighted by atomic mass is 9.81. The molecule has 1 fully saturated rings. The Bertz CT molecular complexity index is 369. The number of nitrogens with two attached hydrogens (primary N) is 1. The van der Waals surface area contributed by atoms with E-state index in [9.17, 15) is 5.11 Å². The zero-order chi connectivity index (χ0) is 12.3. The van der Waals surface area contributed by atoms with Gasteiger partial charge in [0.2, 0.25) is 0 Å². The third kappa shape index (κ3) is 3.83. The fourth-order valence-corrected chi connectivity index (χ4v) is 3.45. The van der Waals surface area contributed by atoms with Crippen molar-refractivity contribution in [2.45, 2.75) is 44.2 Å². The van der Waals surface area contributed by atoms with E-state index < -0.39 is 6.10 Å². The molecule has 1 aromatic rings. The fraction of sp³-hybridized carbons (Fsp3) is 0.571. The number of hydrogen-bond donors (Lipinski definition) is 2. The van der Waals surface area contributed by atoms with E-state index in [2.05, 4.69) is 22.6 Å². The smallest absolute Gasteiger partial charge is 0.0761 e. The van der Waals surface area contributed by atoms with Gasteiger partial charge in [-0.2, -0.15) is 0 Å². The molecule has 3 N–H and O–H groups in total. The molecule has 1 aliphatic carbocycles. The molecule has 4 heteroatoms. The van der Waals surface area contributed by atoms with E-state index >= 15 is 0 Å². The molecule has 0 aliphatic heterocycles. The van der Waals surface area contributed by atoms with Crippen LogP contribution in [0.4, 0.5) is 0 Å². The summed E-state index contributed by atoms with van der Waals surface area (Å²) in [4.78, 5) is 0. The van der Waals surface area contributed by atoms with Crippen LogP contribution in [-0.2, 0) is 0 Å². The predicted octanol–water partition coefficient (Wildman–Crippen LogP) is 3.65. The normalized spacial score (nSPS) is 19.9. The van der Waals surface area contributed by atoms with E-state index in [1.54, 1.807) is 0 Å². The monoisotopic (exact) mass is 381 g/mol. The van der Waals surface area contributed by atoms with Crippen LogP contribution in [0.5, 0.6) is 0 Å². The number of aliphatic hydroxyl groups is 1. The van der Waals surface area contributed by atoms with E-state index in [1.165, 1.54) is 19.3 Å². The second kappa shape index (κ2) is 7.68. The molecule has 1 aromatic carbocycles. The Hall–Kier alpha value is 0.160. The van der Waals surface area contributed by atoms with Gasteiger partial charge >= 0.3 is 0 Å². The van der Waals surface area contributed by atoms with Gasteiger partial charge in [0.15, 0.2) is 0 Å². The Morgan fingerprint density at radius 3 is 2.39 bits per heavy atom. The van der Waals surface area contributed by atoms with Gasteiger partial charge in [0.1, 0.15) is 0 Å². The van der Waals surface area contributed by atoms with Gasteiger partial charge in [-0.25, -0.2) is 0 Å². The lowest BCUT2D eigenvalue weighted by Crippen LogP contribution is -2.34. The van der Waals surface area contributed by atoms with Crippen LogP contribution in [0.1, 0.15) is 43.7 Å². The molecule has 0 bridgehead atoms. The molecule has 0 spiro atoms. The molecule has 1 saturated carbocycles. The highest BCUT2D eigenvalue weighted by atomic mass is 127. The van der Waals surface area contributed by atoms with Gasteiger partial charge in [-0.15, -0.1) is 12.4 Å².